The normalized spacial score (nSPS) is 20.9. The van der Waals surface area contributed by atoms with Gasteiger partial charge in [0.15, 0.2) is 6.29 Å². The van der Waals surface area contributed by atoms with E-state index in [4.69, 9.17) is 24.7 Å². The quantitative estimate of drug-likeness (QED) is 0.215. The summed E-state index contributed by atoms with van der Waals surface area (Å²) < 4.78 is 51.3. The van der Waals surface area contributed by atoms with Crippen LogP contribution >= 0.6 is 11.3 Å². The number of nitrogens with zero attached hydrogens (tertiary/aromatic N) is 2. The number of hydrogen-bond donors (Lipinski definition) is 3. The Kier molecular flexibility index (Phi) is 11.2. The molecular formula is C32H42N4O8S2. The number of aliphatic hydroxyl groups excluding tert-OH is 1. The van der Waals surface area contributed by atoms with E-state index in [0.29, 0.717) is 24.7 Å². The fourth-order valence-electron chi connectivity index (χ4n) is 5.56. The van der Waals surface area contributed by atoms with Gasteiger partial charge in [-0.15, -0.1) is 11.3 Å². The van der Waals surface area contributed by atoms with Crippen molar-refractivity contribution in [3.8, 4) is 5.75 Å². The molecule has 0 radical (unpaired) electrons. The third-order valence-corrected chi connectivity index (χ3v) is 10.6. The molecule has 250 valence electrons. The lowest BCUT2D eigenvalue weighted by atomic mass is 10.0. The summed E-state index contributed by atoms with van der Waals surface area (Å²) in [5.74, 6) is 0.560. The van der Waals surface area contributed by atoms with Crippen LogP contribution in [0.25, 0.3) is 0 Å². The van der Waals surface area contributed by atoms with Crippen molar-refractivity contribution in [2.75, 3.05) is 32.0 Å². The van der Waals surface area contributed by atoms with Crippen LogP contribution in [0.15, 0.2) is 58.8 Å². The van der Waals surface area contributed by atoms with Crippen molar-refractivity contribution < 1.29 is 37.3 Å². The lowest BCUT2D eigenvalue weighted by Crippen LogP contribution is -2.51. The number of fused-ring (bicyclic) bond motifs is 1. The number of nitrogens with one attached hydrogen (secondary N) is 1. The zero-order valence-electron chi connectivity index (χ0n) is 26.2. The number of carbonyl (C=O) groups excluding carboxylic acids is 1. The van der Waals surface area contributed by atoms with E-state index in [9.17, 15) is 18.3 Å². The van der Waals surface area contributed by atoms with Crippen LogP contribution in [-0.4, -0.2) is 79.7 Å². The number of alkyl carbamates (subject to hydrolysis) is 1. The molecule has 2 aliphatic heterocycles. The number of amides is 1. The Balaban J connectivity index is 1.31. The zero-order valence-corrected chi connectivity index (χ0v) is 27.8. The lowest BCUT2D eigenvalue weighted by Gasteiger charge is -2.31. The highest BCUT2D eigenvalue weighted by molar-refractivity contribution is 7.89. The number of anilines is 1. The van der Waals surface area contributed by atoms with E-state index < -0.39 is 34.4 Å². The van der Waals surface area contributed by atoms with Crippen LogP contribution in [0, 0.1) is 18.8 Å². The number of hydrogen-bond acceptors (Lipinski definition) is 11. The van der Waals surface area contributed by atoms with Crippen molar-refractivity contribution in [1.29, 1.82) is 0 Å². The van der Waals surface area contributed by atoms with Crippen molar-refractivity contribution in [1.82, 2.24) is 14.6 Å². The first-order valence-electron chi connectivity index (χ1n) is 15.3. The molecule has 14 heteroatoms. The lowest BCUT2D eigenvalue weighted by molar-refractivity contribution is -0.0907. The van der Waals surface area contributed by atoms with Gasteiger partial charge in [-0.2, -0.15) is 4.31 Å². The van der Waals surface area contributed by atoms with E-state index in [2.05, 4.69) is 10.3 Å². The average Bonchev–Trinajstić information content (AvgIpc) is 3.75. The Morgan fingerprint density at radius 2 is 1.89 bits per heavy atom. The number of nitrogen functional groups attached to an aromatic ring is 1. The fraction of sp³-hybridized carbons (Fsp3) is 0.500. The molecule has 1 aromatic heterocycles. The second-order valence-electron chi connectivity index (χ2n) is 12.1. The highest BCUT2D eigenvalue weighted by atomic mass is 32.2. The van der Waals surface area contributed by atoms with Crippen LogP contribution < -0.4 is 15.8 Å². The van der Waals surface area contributed by atoms with E-state index in [-0.39, 0.29) is 49.1 Å². The minimum atomic E-state index is -3.98. The molecule has 2 aliphatic rings. The standard InChI is InChI=1S/C32H42N4O8S2/c1-20(2)15-36(46(39,40)26-10-6-23(33)7-11-26)16-29(37)28(35-32(38)44-30-18-43-31-27(30)12-13-41-31)14-22-4-8-25(9-5-22)42-17-24-19-45-21(3)34-24/h4-11,19-20,27-31,37H,12-18,33H2,1-3H3,(H,35,38)/t27-,28-,29+,30?,31+/m0/s1. The summed E-state index contributed by atoms with van der Waals surface area (Å²) in [6.07, 6.45) is -1.94. The molecule has 12 nitrogen and oxygen atoms in total. The van der Waals surface area contributed by atoms with Crippen molar-refractivity contribution in [3.63, 3.8) is 0 Å². The zero-order chi connectivity index (χ0) is 32.8. The fourth-order valence-corrected chi connectivity index (χ4v) is 7.78. The minimum absolute atomic E-state index is 0.0307. The van der Waals surface area contributed by atoms with Crippen LogP contribution in [0.2, 0.25) is 0 Å². The molecule has 0 aliphatic carbocycles. The maximum absolute atomic E-state index is 13.7. The number of sulfonamides is 1. The van der Waals surface area contributed by atoms with Gasteiger partial charge in [0.25, 0.3) is 0 Å². The SMILES string of the molecule is Cc1nc(COc2ccc(C[C@H](NC(=O)OC3CO[C@H]4OCC[C@@H]34)[C@H](O)CN(CC(C)C)S(=O)(=O)c3ccc(N)cc3)cc2)cs1. The number of benzene rings is 2. The Labute approximate surface area is 273 Å². The van der Waals surface area contributed by atoms with Crippen LogP contribution in [0.4, 0.5) is 10.5 Å². The first kappa shape index (κ1) is 34.1. The molecule has 4 N–H and O–H groups in total. The summed E-state index contributed by atoms with van der Waals surface area (Å²) in [6.45, 7) is 6.74. The van der Waals surface area contributed by atoms with E-state index in [1.54, 1.807) is 11.3 Å². The maximum Gasteiger partial charge on any atom is 0.407 e. The summed E-state index contributed by atoms with van der Waals surface area (Å²) in [5, 5.41) is 17.3. The molecule has 1 amide bonds. The first-order chi connectivity index (χ1) is 22.0. The largest absolute Gasteiger partial charge is 0.487 e. The molecule has 2 aromatic carbocycles. The maximum atomic E-state index is 13.7. The molecule has 5 atom stereocenters. The average molecular weight is 675 g/mol. The molecule has 2 saturated heterocycles. The summed E-state index contributed by atoms with van der Waals surface area (Å²) in [6, 6.07) is 12.4. The van der Waals surface area contributed by atoms with Gasteiger partial charge in [0, 0.05) is 24.2 Å². The van der Waals surface area contributed by atoms with Crippen molar-refractivity contribution in [3.05, 3.63) is 70.2 Å². The molecule has 3 aromatic rings. The second kappa shape index (κ2) is 15.1. The van der Waals surface area contributed by atoms with E-state index in [0.717, 1.165) is 22.7 Å². The van der Waals surface area contributed by atoms with Crippen LogP contribution in [-0.2, 0) is 37.3 Å². The van der Waals surface area contributed by atoms with Gasteiger partial charge < -0.3 is 35.1 Å². The topological polar surface area (TPSA) is 163 Å². The van der Waals surface area contributed by atoms with Gasteiger partial charge in [-0.3, -0.25) is 0 Å². The van der Waals surface area contributed by atoms with Crippen molar-refractivity contribution >= 4 is 33.1 Å². The molecule has 46 heavy (non-hydrogen) atoms. The Morgan fingerprint density at radius 1 is 1.15 bits per heavy atom. The number of aliphatic hydroxyl groups is 1. The highest BCUT2D eigenvalue weighted by Gasteiger charge is 2.44. The van der Waals surface area contributed by atoms with Gasteiger partial charge in [-0.25, -0.2) is 18.2 Å². The summed E-state index contributed by atoms with van der Waals surface area (Å²) in [7, 11) is -3.98. The number of ether oxygens (including phenoxy) is 4. The molecule has 2 fully saturated rings. The summed E-state index contributed by atoms with van der Waals surface area (Å²) in [4.78, 5) is 17.7. The second-order valence-corrected chi connectivity index (χ2v) is 15.1. The van der Waals surface area contributed by atoms with E-state index >= 15 is 0 Å². The number of thiazole rings is 1. The van der Waals surface area contributed by atoms with Gasteiger partial charge in [-0.1, -0.05) is 26.0 Å². The van der Waals surface area contributed by atoms with E-state index in [1.807, 2.05) is 50.4 Å². The Hall–Kier alpha value is -3.27. The molecular weight excluding hydrogens is 633 g/mol. The van der Waals surface area contributed by atoms with Crippen molar-refractivity contribution in [2.45, 2.75) is 69.7 Å². The molecule has 5 rings (SSSR count). The smallest absolute Gasteiger partial charge is 0.407 e. The summed E-state index contributed by atoms with van der Waals surface area (Å²) >= 11 is 1.56. The number of aryl methyl sites for hydroxylation is 1. The van der Waals surface area contributed by atoms with Crippen LogP contribution in [0.1, 0.15) is 36.5 Å². The molecule has 0 saturated carbocycles. The number of aromatic nitrogens is 1. The van der Waals surface area contributed by atoms with E-state index in [1.165, 1.54) is 28.6 Å². The first-order valence-corrected chi connectivity index (χ1v) is 17.7. The third kappa shape index (κ3) is 8.75. The van der Waals surface area contributed by atoms with Gasteiger partial charge in [0.05, 0.1) is 46.9 Å². The highest BCUT2D eigenvalue weighted by Crippen LogP contribution is 2.33. The van der Waals surface area contributed by atoms with Gasteiger partial charge in [-0.05, 0) is 67.6 Å². The molecule has 3 heterocycles. The number of nitrogens with two attached hydrogens (primary N) is 1. The van der Waals surface area contributed by atoms with Crippen LogP contribution in [0.5, 0.6) is 5.75 Å². The molecule has 1 unspecified atom stereocenters. The van der Waals surface area contributed by atoms with Crippen LogP contribution in [0.3, 0.4) is 0 Å². The number of carbonyl (C=O) groups is 1. The monoisotopic (exact) mass is 674 g/mol. The predicted molar refractivity (Wildman–Crippen MR) is 173 cm³/mol. The third-order valence-electron chi connectivity index (χ3n) is 7.92. The minimum Gasteiger partial charge on any atom is -0.487 e. The molecule has 0 bridgehead atoms. The Bertz CT molecular complexity index is 1550. The van der Waals surface area contributed by atoms with Crippen molar-refractivity contribution in [2.24, 2.45) is 11.8 Å². The van der Waals surface area contributed by atoms with Gasteiger partial charge in [0.1, 0.15) is 18.5 Å². The summed E-state index contributed by atoms with van der Waals surface area (Å²) in [5.41, 5.74) is 7.87. The van der Waals surface area contributed by atoms with Gasteiger partial charge in [0.2, 0.25) is 10.0 Å². The Morgan fingerprint density at radius 3 is 2.57 bits per heavy atom. The molecule has 0 spiro atoms. The predicted octanol–water partition coefficient (Wildman–Crippen LogP) is 3.72. The number of rotatable bonds is 14. The van der Waals surface area contributed by atoms with Gasteiger partial charge >= 0.3 is 6.09 Å².